The molecular weight excluding hydrogens is 364 g/mol. The van der Waals surface area contributed by atoms with Crippen molar-refractivity contribution < 1.29 is 14.3 Å². The Morgan fingerprint density at radius 1 is 1.15 bits per heavy atom. The molecule has 0 fully saturated rings. The summed E-state index contributed by atoms with van der Waals surface area (Å²) in [6.07, 6.45) is 1.43. The second-order valence-electron chi connectivity index (χ2n) is 6.03. The van der Waals surface area contributed by atoms with E-state index in [0.29, 0.717) is 17.1 Å². The summed E-state index contributed by atoms with van der Waals surface area (Å²) in [6, 6.07) is 16.3. The van der Waals surface area contributed by atoms with Gasteiger partial charge in [0.1, 0.15) is 11.6 Å². The van der Waals surface area contributed by atoms with Crippen LogP contribution in [0.5, 0.6) is 0 Å². The third-order valence-electron chi connectivity index (χ3n) is 3.81. The van der Waals surface area contributed by atoms with Crippen LogP contribution in [0.2, 0.25) is 5.02 Å². The molecule has 5 nitrogen and oxygen atoms in total. The summed E-state index contributed by atoms with van der Waals surface area (Å²) in [7, 11) is 1.61. The monoisotopic (exact) mass is 382 g/mol. The van der Waals surface area contributed by atoms with Crippen LogP contribution in [0.3, 0.4) is 0 Å². The van der Waals surface area contributed by atoms with Crippen molar-refractivity contribution in [3.63, 3.8) is 0 Å². The van der Waals surface area contributed by atoms with Crippen LogP contribution in [0.25, 0.3) is 6.08 Å². The molecule has 0 N–H and O–H groups in total. The van der Waals surface area contributed by atoms with Gasteiger partial charge in [-0.2, -0.15) is 5.26 Å². The lowest BCUT2D eigenvalue weighted by Crippen LogP contribution is -2.31. The number of aryl methyl sites for hydroxylation is 1. The van der Waals surface area contributed by atoms with Crippen LogP contribution in [0, 0.1) is 18.3 Å². The third kappa shape index (κ3) is 6.28. The minimum atomic E-state index is -0.827. The van der Waals surface area contributed by atoms with Gasteiger partial charge in [0.15, 0.2) is 6.61 Å². The van der Waals surface area contributed by atoms with Gasteiger partial charge in [-0.05, 0) is 36.3 Å². The molecule has 138 valence electrons. The summed E-state index contributed by atoms with van der Waals surface area (Å²) in [6.45, 7) is 1.87. The number of rotatable bonds is 6. The van der Waals surface area contributed by atoms with Gasteiger partial charge in [0.25, 0.3) is 5.91 Å². The van der Waals surface area contributed by atoms with Crippen molar-refractivity contribution in [2.24, 2.45) is 0 Å². The Bertz CT molecular complexity index is 881. The van der Waals surface area contributed by atoms with Gasteiger partial charge in [-0.1, -0.05) is 53.6 Å². The summed E-state index contributed by atoms with van der Waals surface area (Å²) in [5.74, 6) is -1.20. The predicted octanol–water partition coefficient (Wildman–Crippen LogP) is 3.76. The molecule has 0 spiro atoms. The number of benzene rings is 2. The average molecular weight is 383 g/mol. The molecule has 2 aromatic carbocycles. The Labute approximate surface area is 163 Å². The Morgan fingerprint density at radius 2 is 1.78 bits per heavy atom. The second-order valence-corrected chi connectivity index (χ2v) is 6.47. The molecule has 2 aromatic rings. The minimum absolute atomic E-state index is 0.160. The molecule has 0 saturated heterocycles. The summed E-state index contributed by atoms with van der Waals surface area (Å²) in [5.41, 5.74) is 2.52. The van der Waals surface area contributed by atoms with E-state index in [-0.39, 0.29) is 11.5 Å². The zero-order valence-electron chi connectivity index (χ0n) is 15.1. The van der Waals surface area contributed by atoms with Gasteiger partial charge < -0.3 is 9.64 Å². The lowest BCUT2D eigenvalue weighted by atomic mass is 10.1. The van der Waals surface area contributed by atoms with Gasteiger partial charge in [0.2, 0.25) is 0 Å². The van der Waals surface area contributed by atoms with Crippen LogP contribution in [-0.4, -0.2) is 30.4 Å². The number of esters is 1. The largest absolute Gasteiger partial charge is 0.451 e. The Balaban J connectivity index is 1.92. The number of hydrogen-bond donors (Lipinski definition) is 0. The Morgan fingerprint density at radius 3 is 2.37 bits per heavy atom. The van der Waals surface area contributed by atoms with Gasteiger partial charge in [0, 0.05) is 18.6 Å². The van der Waals surface area contributed by atoms with Gasteiger partial charge >= 0.3 is 5.97 Å². The normalized spacial score (nSPS) is 10.8. The molecule has 0 radical (unpaired) electrons. The Hall–Kier alpha value is -3.10. The maximum absolute atomic E-state index is 12.1. The van der Waals surface area contributed by atoms with Crippen molar-refractivity contribution in [2.45, 2.75) is 13.5 Å². The van der Waals surface area contributed by atoms with Crippen molar-refractivity contribution in [1.29, 1.82) is 5.26 Å². The average Bonchev–Trinajstić information content (AvgIpc) is 2.67. The zero-order chi connectivity index (χ0) is 19.8. The molecule has 0 atom stereocenters. The molecule has 0 aromatic heterocycles. The molecule has 2 rings (SSSR count). The number of ether oxygens (including phenoxy) is 1. The maximum Gasteiger partial charge on any atom is 0.349 e. The van der Waals surface area contributed by atoms with Gasteiger partial charge in [-0.25, -0.2) is 4.79 Å². The highest BCUT2D eigenvalue weighted by molar-refractivity contribution is 6.30. The van der Waals surface area contributed by atoms with Gasteiger partial charge in [-0.15, -0.1) is 0 Å². The smallest absolute Gasteiger partial charge is 0.349 e. The minimum Gasteiger partial charge on any atom is -0.451 e. The highest BCUT2D eigenvalue weighted by Gasteiger charge is 2.15. The molecule has 27 heavy (non-hydrogen) atoms. The highest BCUT2D eigenvalue weighted by atomic mass is 35.5. The molecule has 0 aliphatic rings. The number of carbonyl (C=O) groups is 2. The van der Waals surface area contributed by atoms with E-state index in [4.69, 9.17) is 16.3 Å². The molecule has 0 heterocycles. The summed E-state index contributed by atoms with van der Waals surface area (Å²) < 4.78 is 4.99. The summed E-state index contributed by atoms with van der Waals surface area (Å²) in [4.78, 5) is 25.7. The van der Waals surface area contributed by atoms with Crippen molar-refractivity contribution in [2.75, 3.05) is 13.7 Å². The second kappa shape index (κ2) is 9.56. The van der Waals surface area contributed by atoms with Crippen LogP contribution in [0.1, 0.15) is 16.7 Å². The maximum atomic E-state index is 12.1. The molecule has 6 heteroatoms. The number of hydrogen-bond acceptors (Lipinski definition) is 4. The number of amides is 1. The zero-order valence-corrected chi connectivity index (χ0v) is 15.9. The summed E-state index contributed by atoms with van der Waals surface area (Å²) in [5, 5.41) is 9.80. The van der Waals surface area contributed by atoms with Crippen molar-refractivity contribution >= 4 is 29.6 Å². The van der Waals surface area contributed by atoms with Crippen molar-refractivity contribution in [3.05, 3.63) is 75.8 Å². The molecular formula is C21H19ClN2O3. The summed E-state index contributed by atoms with van der Waals surface area (Å²) >= 11 is 5.83. The van der Waals surface area contributed by atoms with E-state index in [0.717, 1.165) is 11.1 Å². The van der Waals surface area contributed by atoms with E-state index in [1.54, 1.807) is 31.3 Å². The first-order valence-corrected chi connectivity index (χ1v) is 8.61. The SMILES string of the molecule is Cc1ccc(/C=C(\C#N)C(=O)OCC(=O)N(C)Cc2ccc(Cl)cc2)cc1. The van der Waals surface area contributed by atoms with Crippen LogP contribution in [-0.2, 0) is 20.9 Å². The van der Waals surface area contributed by atoms with E-state index >= 15 is 0 Å². The predicted molar refractivity (Wildman–Crippen MR) is 104 cm³/mol. The first kappa shape index (κ1) is 20.2. The van der Waals surface area contributed by atoms with Gasteiger partial charge in [0.05, 0.1) is 0 Å². The lowest BCUT2D eigenvalue weighted by Gasteiger charge is -2.17. The molecule has 0 saturated carbocycles. The number of likely N-dealkylation sites (N-methyl/N-ethyl adjacent to an activating group) is 1. The molecule has 1 amide bonds. The van der Waals surface area contributed by atoms with E-state index in [2.05, 4.69) is 0 Å². The van der Waals surface area contributed by atoms with E-state index < -0.39 is 12.6 Å². The fourth-order valence-electron chi connectivity index (χ4n) is 2.23. The van der Waals surface area contributed by atoms with E-state index in [1.807, 2.05) is 37.3 Å². The molecule has 0 aliphatic heterocycles. The Kier molecular flexibility index (Phi) is 7.16. The van der Waals surface area contributed by atoms with Crippen LogP contribution >= 0.6 is 11.6 Å². The number of carbonyl (C=O) groups excluding carboxylic acids is 2. The quantitative estimate of drug-likeness (QED) is 0.433. The number of nitriles is 1. The van der Waals surface area contributed by atoms with Gasteiger partial charge in [-0.3, -0.25) is 4.79 Å². The third-order valence-corrected chi connectivity index (χ3v) is 4.07. The fourth-order valence-corrected chi connectivity index (χ4v) is 2.36. The van der Waals surface area contributed by atoms with Crippen molar-refractivity contribution in [1.82, 2.24) is 4.90 Å². The highest BCUT2D eigenvalue weighted by Crippen LogP contribution is 2.12. The van der Waals surface area contributed by atoms with Crippen molar-refractivity contribution in [3.8, 4) is 6.07 Å². The first-order chi connectivity index (χ1) is 12.9. The van der Waals surface area contributed by atoms with Crippen LogP contribution < -0.4 is 0 Å². The lowest BCUT2D eigenvalue weighted by molar-refractivity contribution is -0.148. The van der Waals surface area contributed by atoms with E-state index in [9.17, 15) is 14.9 Å². The number of halogens is 1. The first-order valence-electron chi connectivity index (χ1n) is 8.23. The number of nitrogens with zero attached hydrogens (tertiary/aromatic N) is 2. The van der Waals surface area contributed by atoms with Crippen LogP contribution in [0.4, 0.5) is 0 Å². The van der Waals surface area contributed by atoms with Crippen LogP contribution in [0.15, 0.2) is 54.1 Å². The topological polar surface area (TPSA) is 70.4 Å². The standard InChI is InChI=1S/C21H19ClN2O3/c1-15-3-5-16(6-4-15)11-18(12-23)21(26)27-14-20(25)24(2)13-17-7-9-19(22)10-8-17/h3-11H,13-14H2,1-2H3/b18-11+. The van der Waals surface area contributed by atoms with E-state index in [1.165, 1.54) is 11.0 Å². The molecule has 0 aliphatic carbocycles. The molecule has 0 unspecified atom stereocenters. The fraction of sp³-hybridized carbons (Fsp3) is 0.190. The molecule has 0 bridgehead atoms.